The smallest absolute Gasteiger partial charge is 0.254 e. The van der Waals surface area contributed by atoms with Gasteiger partial charge in [0.2, 0.25) is 5.88 Å². The molecule has 184 valence electrons. The van der Waals surface area contributed by atoms with Crippen LogP contribution < -0.4 is 4.90 Å². The van der Waals surface area contributed by atoms with Crippen molar-refractivity contribution in [3.8, 4) is 11.3 Å². The summed E-state index contributed by atoms with van der Waals surface area (Å²) in [5.41, 5.74) is 3.08. The molecule has 1 atom stereocenters. The number of aryl methyl sites for hydroxylation is 1. The number of rotatable bonds is 7. The molecule has 2 aliphatic heterocycles. The maximum atomic E-state index is 14.8. The zero-order valence-corrected chi connectivity index (χ0v) is 19.9. The fourth-order valence-corrected chi connectivity index (χ4v) is 4.73. The van der Waals surface area contributed by atoms with Gasteiger partial charge >= 0.3 is 0 Å². The summed E-state index contributed by atoms with van der Waals surface area (Å²) in [5.74, 6) is 0.0741. The third kappa shape index (κ3) is 5.23. The Morgan fingerprint density at radius 1 is 1.14 bits per heavy atom. The van der Waals surface area contributed by atoms with Gasteiger partial charge in [-0.3, -0.25) is 4.79 Å². The predicted octanol–water partition coefficient (Wildman–Crippen LogP) is 4.45. The van der Waals surface area contributed by atoms with Crippen molar-refractivity contribution in [3.63, 3.8) is 0 Å². The van der Waals surface area contributed by atoms with E-state index >= 15 is 0 Å². The molecule has 1 aromatic heterocycles. The summed E-state index contributed by atoms with van der Waals surface area (Å²) < 4.78 is 32.0. The molecular weight excluding hydrogens is 449 g/mol. The molecule has 1 amide bonds. The minimum atomic E-state index is -0.383. The Hall–Kier alpha value is -3.23. The third-order valence-corrected chi connectivity index (χ3v) is 6.54. The minimum Gasteiger partial charge on any atom is -0.378 e. The lowest BCUT2D eigenvalue weighted by Gasteiger charge is -2.29. The van der Waals surface area contributed by atoms with Gasteiger partial charge in [-0.1, -0.05) is 35.0 Å². The topological polar surface area (TPSA) is 68.0 Å². The fourth-order valence-electron chi connectivity index (χ4n) is 4.73. The Kier molecular flexibility index (Phi) is 7.11. The molecule has 0 spiro atoms. The molecule has 2 aromatic carbocycles. The number of morpholine rings is 1. The first-order valence-electron chi connectivity index (χ1n) is 12.1. The number of anilines is 1. The van der Waals surface area contributed by atoms with Crippen LogP contribution in [0.4, 0.5) is 10.3 Å². The van der Waals surface area contributed by atoms with Gasteiger partial charge in [0.15, 0.2) is 0 Å². The summed E-state index contributed by atoms with van der Waals surface area (Å²) in [4.78, 5) is 17.6. The number of carbonyl (C=O) groups excluding carboxylic acids is 1. The average Bonchev–Trinajstić information content (AvgIpc) is 3.54. The molecule has 5 rings (SSSR count). The van der Waals surface area contributed by atoms with E-state index in [0.717, 1.165) is 18.4 Å². The molecule has 2 saturated heterocycles. The van der Waals surface area contributed by atoms with Gasteiger partial charge in [-0.15, -0.1) is 0 Å². The molecule has 2 fully saturated rings. The maximum Gasteiger partial charge on any atom is 0.254 e. The summed E-state index contributed by atoms with van der Waals surface area (Å²) in [6.07, 6.45) is 1.84. The van der Waals surface area contributed by atoms with Gasteiger partial charge in [0.25, 0.3) is 5.91 Å². The largest absolute Gasteiger partial charge is 0.378 e. The second-order valence-electron chi connectivity index (χ2n) is 9.08. The molecule has 35 heavy (non-hydrogen) atoms. The molecule has 7 nitrogen and oxygen atoms in total. The number of ether oxygens (including phenoxy) is 2. The van der Waals surface area contributed by atoms with Crippen molar-refractivity contribution in [2.45, 2.75) is 32.4 Å². The van der Waals surface area contributed by atoms with E-state index in [2.05, 4.69) is 10.1 Å². The van der Waals surface area contributed by atoms with Gasteiger partial charge in [-0.25, -0.2) is 4.39 Å². The number of hydrogen-bond acceptors (Lipinski definition) is 6. The monoisotopic (exact) mass is 479 g/mol. The quantitative estimate of drug-likeness (QED) is 0.499. The van der Waals surface area contributed by atoms with Gasteiger partial charge in [-0.2, -0.15) is 0 Å². The van der Waals surface area contributed by atoms with Gasteiger partial charge in [0.1, 0.15) is 11.5 Å². The molecule has 0 N–H and O–H groups in total. The summed E-state index contributed by atoms with van der Waals surface area (Å²) in [7, 11) is 0. The Balaban J connectivity index is 1.54. The lowest BCUT2D eigenvalue weighted by Crippen LogP contribution is -2.39. The van der Waals surface area contributed by atoms with Crippen LogP contribution in [-0.2, 0) is 16.0 Å². The normalized spacial score (nSPS) is 18.1. The predicted molar refractivity (Wildman–Crippen MR) is 130 cm³/mol. The number of amides is 1. The van der Waals surface area contributed by atoms with Crippen LogP contribution in [0, 0.1) is 12.7 Å². The van der Waals surface area contributed by atoms with Crippen molar-refractivity contribution < 1.29 is 23.2 Å². The van der Waals surface area contributed by atoms with Gasteiger partial charge in [0.05, 0.1) is 31.4 Å². The van der Waals surface area contributed by atoms with Crippen LogP contribution in [0.25, 0.3) is 11.3 Å². The number of nitrogens with zero attached hydrogens (tertiary/aromatic N) is 3. The van der Waals surface area contributed by atoms with Crippen LogP contribution >= 0.6 is 0 Å². The number of aromatic nitrogens is 1. The molecule has 0 aliphatic carbocycles. The second kappa shape index (κ2) is 10.6. The molecule has 1 unspecified atom stereocenters. The van der Waals surface area contributed by atoms with E-state index in [4.69, 9.17) is 14.0 Å². The van der Waals surface area contributed by atoms with Crippen LogP contribution in [0.3, 0.4) is 0 Å². The summed E-state index contributed by atoms with van der Waals surface area (Å²) in [6.45, 7) is 5.74. The van der Waals surface area contributed by atoms with Gasteiger partial charge in [-0.05, 0) is 44.0 Å². The Labute approximate surface area is 204 Å². The first-order chi connectivity index (χ1) is 17.1. The zero-order chi connectivity index (χ0) is 24.2. The number of halogens is 1. The Morgan fingerprint density at radius 2 is 1.97 bits per heavy atom. The van der Waals surface area contributed by atoms with Crippen LogP contribution in [0.2, 0.25) is 0 Å². The summed E-state index contributed by atoms with van der Waals surface area (Å²) >= 11 is 0. The lowest BCUT2D eigenvalue weighted by atomic mass is 10.0. The molecule has 3 heterocycles. The third-order valence-electron chi connectivity index (χ3n) is 6.54. The minimum absolute atomic E-state index is 0.0348. The maximum absolute atomic E-state index is 14.8. The van der Waals surface area contributed by atoms with Crippen molar-refractivity contribution in [1.82, 2.24) is 10.1 Å². The molecule has 0 saturated carbocycles. The average molecular weight is 480 g/mol. The second-order valence-corrected chi connectivity index (χ2v) is 9.08. The fraction of sp³-hybridized carbons (Fsp3) is 0.407. The molecule has 2 aliphatic rings. The van der Waals surface area contributed by atoms with E-state index in [-0.39, 0.29) is 24.4 Å². The number of carbonyl (C=O) groups is 1. The van der Waals surface area contributed by atoms with E-state index < -0.39 is 0 Å². The van der Waals surface area contributed by atoms with E-state index in [0.29, 0.717) is 67.7 Å². The van der Waals surface area contributed by atoms with Crippen molar-refractivity contribution >= 4 is 11.8 Å². The Morgan fingerprint density at radius 3 is 2.71 bits per heavy atom. The van der Waals surface area contributed by atoms with Crippen molar-refractivity contribution in [1.29, 1.82) is 0 Å². The number of benzene rings is 2. The van der Waals surface area contributed by atoms with Crippen LogP contribution in [0.15, 0.2) is 53.1 Å². The van der Waals surface area contributed by atoms with Crippen LogP contribution in [0.1, 0.15) is 34.3 Å². The van der Waals surface area contributed by atoms with Gasteiger partial charge < -0.3 is 23.8 Å². The summed E-state index contributed by atoms with van der Waals surface area (Å²) in [5, 5.41) is 4.29. The highest BCUT2D eigenvalue weighted by atomic mass is 19.1. The van der Waals surface area contributed by atoms with Gasteiger partial charge in [0, 0.05) is 37.4 Å². The first-order valence-corrected chi connectivity index (χ1v) is 12.1. The highest BCUT2D eigenvalue weighted by Gasteiger charge is 2.30. The Bertz CT molecular complexity index is 1170. The molecule has 3 aromatic rings. The highest BCUT2D eigenvalue weighted by Crippen LogP contribution is 2.34. The zero-order valence-electron chi connectivity index (χ0n) is 19.9. The molecule has 8 heteroatoms. The van der Waals surface area contributed by atoms with E-state index in [1.54, 1.807) is 23.1 Å². The van der Waals surface area contributed by atoms with E-state index in [9.17, 15) is 9.18 Å². The standard InChI is InChI=1S/C27H30FN3O4/c1-19-6-4-7-20(16-19)26(32)31(17-21-8-5-13-34-21)18-23-25(22-9-2-3-10-24(22)28)29-35-27(23)30-11-14-33-15-12-30/h2-4,6-7,9-10,16,21H,5,8,11-15,17-18H2,1H3. The van der Waals surface area contributed by atoms with Crippen molar-refractivity contribution in [2.75, 3.05) is 44.4 Å². The highest BCUT2D eigenvalue weighted by molar-refractivity contribution is 5.94. The lowest BCUT2D eigenvalue weighted by molar-refractivity contribution is 0.0507. The van der Waals surface area contributed by atoms with E-state index in [1.165, 1.54) is 6.07 Å². The van der Waals surface area contributed by atoms with Crippen LogP contribution in [0.5, 0.6) is 0 Å². The molecule has 0 radical (unpaired) electrons. The SMILES string of the molecule is Cc1cccc(C(=O)N(Cc2c(-c3ccccc3F)noc2N2CCOCC2)CC2CCCO2)c1. The van der Waals surface area contributed by atoms with Crippen LogP contribution in [-0.4, -0.2) is 61.5 Å². The number of hydrogen-bond donors (Lipinski definition) is 0. The van der Waals surface area contributed by atoms with E-state index in [1.807, 2.05) is 31.2 Å². The van der Waals surface area contributed by atoms with Crippen molar-refractivity contribution in [2.24, 2.45) is 0 Å². The molecule has 0 bridgehead atoms. The molecular formula is C27H30FN3O4. The van der Waals surface area contributed by atoms with Crippen molar-refractivity contribution in [3.05, 3.63) is 71.0 Å². The summed E-state index contributed by atoms with van der Waals surface area (Å²) in [6, 6.07) is 14.1. The first kappa shape index (κ1) is 23.5.